The Morgan fingerprint density at radius 1 is 0.733 bits per heavy atom. The van der Waals surface area contributed by atoms with Gasteiger partial charge in [0.25, 0.3) is 5.91 Å². The van der Waals surface area contributed by atoms with Crippen LogP contribution in [0.4, 0.5) is 17.1 Å². The molecule has 0 heterocycles. The number of carbonyl (C=O) groups excluding carboxylic acids is 2. The van der Waals surface area contributed by atoms with Gasteiger partial charge in [0, 0.05) is 17.1 Å². The van der Waals surface area contributed by atoms with Crippen molar-refractivity contribution in [1.29, 1.82) is 0 Å². The maximum absolute atomic E-state index is 12.7. The monoisotopic (exact) mass is 401 g/mol. The van der Waals surface area contributed by atoms with Crippen LogP contribution in [0.2, 0.25) is 0 Å². The lowest BCUT2D eigenvalue weighted by Gasteiger charge is -2.16. The van der Waals surface area contributed by atoms with Gasteiger partial charge >= 0.3 is 0 Å². The van der Waals surface area contributed by atoms with Crippen LogP contribution in [0.1, 0.15) is 35.3 Å². The predicted molar refractivity (Wildman–Crippen MR) is 123 cm³/mol. The van der Waals surface area contributed by atoms with E-state index in [1.54, 1.807) is 18.2 Å². The standard InChI is InChI=1S/C25H27N3O2/c1-3-18-11-10-12-19(4-2)24(18)28-23(29)17-26-22-16-9-8-15-21(22)25(30)27-20-13-6-5-7-14-20/h5-16,26H,3-4,17H2,1-2H3,(H,27,30)(H,28,29). The summed E-state index contributed by atoms with van der Waals surface area (Å²) in [5.41, 5.74) is 4.94. The topological polar surface area (TPSA) is 70.2 Å². The number of aryl methyl sites for hydroxylation is 2. The second kappa shape index (κ2) is 10.3. The number of benzene rings is 3. The van der Waals surface area contributed by atoms with E-state index < -0.39 is 0 Å². The Bertz CT molecular complexity index is 994. The van der Waals surface area contributed by atoms with Crippen LogP contribution in [0.3, 0.4) is 0 Å². The summed E-state index contributed by atoms with van der Waals surface area (Å²) in [6.45, 7) is 4.21. The van der Waals surface area contributed by atoms with E-state index in [0.717, 1.165) is 35.3 Å². The number of hydrogen-bond donors (Lipinski definition) is 3. The van der Waals surface area contributed by atoms with Crippen LogP contribution in [-0.2, 0) is 17.6 Å². The summed E-state index contributed by atoms with van der Waals surface area (Å²) in [4.78, 5) is 25.3. The molecule has 0 saturated heterocycles. The lowest BCUT2D eigenvalue weighted by molar-refractivity contribution is -0.114. The molecule has 3 aromatic rings. The highest BCUT2D eigenvalue weighted by atomic mass is 16.2. The lowest BCUT2D eigenvalue weighted by Crippen LogP contribution is -2.24. The van der Waals surface area contributed by atoms with Crippen molar-refractivity contribution < 1.29 is 9.59 Å². The second-order valence-corrected chi connectivity index (χ2v) is 6.93. The zero-order chi connectivity index (χ0) is 21.3. The Balaban J connectivity index is 1.68. The number of anilines is 3. The minimum absolute atomic E-state index is 0.0663. The first kappa shape index (κ1) is 21.1. The molecule has 30 heavy (non-hydrogen) atoms. The van der Waals surface area contributed by atoms with Gasteiger partial charge in [0.1, 0.15) is 0 Å². The van der Waals surface area contributed by atoms with Gasteiger partial charge in [-0.2, -0.15) is 0 Å². The van der Waals surface area contributed by atoms with E-state index in [4.69, 9.17) is 0 Å². The fraction of sp³-hybridized carbons (Fsp3) is 0.200. The van der Waals surface area contributed by atoms with Gasteiger partial charge in [0.2, 0.25) is 5.91 Å². The molecule has 0 bridgehead atoms. The molecule has 5 nitrogen and oxygen atoms in total. The highest BCUT2D eigenvalue weighted by Gasteiger charge is 2.13. The highest BCUT2D eigenvalue weighted by Crippen LogP contribution is 2.23. The van der Waals surface area contributed by atoms with E-state index in [2.05, 4.69) is 29.8 Å². The van der Waals surface area contributed by atoms with Gasteiger partial charge in [0.05, 0.1) is 12.1 Å². The van der Waals surface area contributed by atoms with Crippen LogP contribution < -0.4 is 16.0 Å². The molecule has 0 aliphatic carbocycles. The molecule has 3 rings (SSSR count). The number of rotatable bonds is 8. The average Bonchev–Trinajstić information content (AvgIpc) is 2.78. The van der Waals surface area contributed by atoms with Gasteiger partial charge in [-0.05, 0) is 48.2 Å². The molecule has 2 amide bonds. The molecule has 0 atom stereocenters. The maximum Gasteiger partial charge on any atom is 0.257 e. The summed E-state index contributed by atoms with van der Waals surface area (Å²) < 4.78 is 0. The van der Waals surface area contributed by atoms with Crippen molar-refractivity contribution >= 4 is 28.9 Å². The second-order valence-electron chi connectivity index (χ2n) is 6.93. The summed E-state index contributed by atoms with van der Waals surface area (Å²) in [5.74, 6) is -0.377. The molecular weight excluding hydrogens is 374 g/mol. The quantitative estimate of drug-likeness (QED) is 0.491. The molecular formula is C25H27N3O2. The molecule has 0 unspecified atom stereocenters. The van der Waals surface area contributed by atoms with Crippen LogP contribution in [-0.4, -0.2) is 18.4 Å². The third-order valence-corrected chi connectivity index (χ3v) is 4.91. The highest BCUT2D eigenvalue weighted by molar-refractivity contribution is 6.08. The molecule has 3 aromatic carbocycles. The average molecular weight is 402 g/mol. The Kier molecular flexibility index (Phi) is 7.22. The smallest absolute Gasteiger partial charge is 0.257 e. The van der Waals surface area contributed by atoms with Gasteiger partial charge in [-0.15, -0.1) is 0 Å². The fourth-order valence-electron chi connectivity index (χ4n) is 3.32. The summed E-state index contributed by atoms with van der Waals surface area (Å²) in [6.07, 6.45) is 1.69. The van der Waals surface area contributed by atoms with Gasteiger partial charge in [-0.1, -0.05) is 62.4 Å². The number of hydrogen-bond acceptors (Lipinski definition) is 3. The van der Waals surface area contributed by atoms with Crippen molar-refractivity contribution in [3.8, 4) is 0 Å². The van der Waals surface area contributed by atoms with Crippen LogP contribution in [0.25, 0.3) is 0 Å². The number of carbonyl (C=O) groups is 2. The Labute approximate surface area is 177 Å². The zero-order valence-electron chi connectivity index (χ0n) is 17.4. The van der Waals surface area contributed by atoms with Crippen molar-refractivity contribution in [3.63, 3.8) is 0 Å². The van der Waals surface area contributed by atoms with Gasteiger partial charge < -0.3 is 16.0 Å². The largest absolute Gasteiger partial charge is 0.376 e. The summed E-state index contributed by atoms with van der Waals surface area (Å²) in [7, 11) is 0. The number of nitrogens with one attached hydrogen (secondary N) is 3. The summed E-state index contributed by atoms with van der Waals surface area (Å²) >= 11 is 0. The Hall–Kier alpha value is -3.60. The van der Waals surface area contributed by atoms with E-state index in [1.165, 1.54) is 0 Å². The number of para-hydroxylation sites is 3. The minimum Gasteiger partial charge on any atom is -0.376 e. The molecule has 0 radical (unpaired) electrons. The van der Waals surface area contributed by atoms with E-state index in [9.17, 15) is 9.59 Å². The summed E-state index contributed by atoms with van der Waals surface area (Å²) in [6, 6.07) is 22.5. The first-order valence-corrected chi connectivity index (χ1v) is 10.2. The van der Waals surface area contributed by atoms with Gasteiger partial charge in [-0.3, -0.25) is 9.59 Å². The van der Waals surface area contributed by atoms with Crippen molar-refractivity contribution in [2.45, 2.75) is 26.7 Å². The molecule has 0 spiro atoms. The van der Waals surface area contributed by atoms with Crippen LogP contribution in [0, 0.1) is 0 Å². The lowest BCUT2D eigenvalue weighted by atomic mass is 10.0. The molecule has 0 fully saturated rings. The summed E-state index contributed by atoms with van der Waals surface area (Å²) in [5, 5.41) is 9.02. The van der Waals surface area contributed by atoms with E-state index in [-0.39, 0.29) is 18.4 Å². The molecule has 0 aliphatic rings. The third-order valence-electron chi connectivity index (χ3n) is 4.91. The van der Waals surface area contributed by atoms with Crippen LogP contribution in [0.15, 0.2) is 72.8 Å². The molecule has 0 saturated carbocycles. The zero-order valence-corrected chi connectivity index (χ0v) is 17.4. The maximum atomic E-state index is 12.7. The molecule has 154 valence electrons. The van der Waals surface area contributed by atoms with E-state index >= 15 is 0 Å². The first-order valence-electron chi connectivity index (χ1n) is 10.2. The SMILES string of the molecule is CCc1cccc(CC)c1NC(=O)CNc1ccccc1C(=O)Nc1ccccc1. The van der Waals surface area contributed by atoms with Crippen LogP contribution in [0.5, 0.6) is 0 Å². The fourth-order valence-corrected chi connectivity index (χ4v) is 3.32. The predicted octanol–water partition coefficient (Wildman–Crippen LogP) is 5.11. The molecule has 5 heteroatoms. The minimum atomic E-state index is -0.227. The number of amides is 2. The molecule has 0 aromatic heterocycles. The van der Waals surface area contributed by atoms with E-state index in [0.29, 0.717) is 11.3 Å². The van der Waals surface area contributed by atoms with Crippen molar-refractivity contribution in [3.05, 3.63) is 89.5 Å². The Morgan fingerprint density at radius 2 is 1.37 bits per heavy atom. The first-order chi connectivity index (χ1) is 14.6. The van der Waals surface area contributed by atoms with Crippen LogP contribution >= 0.6 is 0 Å². The van der Waals surface area contributed by atoms with Crippen molar-refractivity contribution in [1.82, 2.24) is 0 Å². The van der Waals surface area contributed by atoms with Gasteiger partial charge in [0.15, 0.2) is 0 Å². The van der Waals surface area contributed by atoms with E-state index in [1.807, 2.05) is 54.6 Å². The Morgan fingerprint density at radius 3 is 2.03 bits per heavy atom. The molecule has 3 N–H and O–H groups in total. The third kappa shape index (κ3) is 5.26. The van der Waals surface area contributed by atoms with Crippen molar-refractivity contribution in [2.75, 3.05) is 22.5 Å². The van der Waals surface area contributed by atoms with Gasteiger partial charge in [-0.25, -0.2) is 0 Å². The van der Waals surface area contributed by atoms with Crippen molar-refractivity contribution in [2.24, 2.45) is 0 Å². The normalized spacial score (nSPS) is 10.3. The molecule has 0 aliphatic heterocycles.